The molecule has 0 unspecified atom stereocenters. The van der Waals surface area contributed by atoms with Crippen LogP contribution in [0.3, 0.4) is 0 Å². The van der Waals surface area contributed by atoms with Crippen LogP contribution in [0, 0.1) is 5.82 Å². The molecule has 1 aliphatic heterocycles. The Balaban J connectivity index is 1.96. The van der Waals surface area contributed by atoms with Gasteiger partial charge in [-0.15, -0.1) is 0 Å². The number of nitrogens with one attached hydrogen (secondary N) is 1. The minimum absolute atomic E-state index is 0.0527. The molecule has 0 saturated heterocycles. The van der Waals surface area contributed by atoms with E-state index in [9.17, 15) is 14.0 Å². The molecule has 3 N–H and O–H groups in total. The first kappa shape index (κ1) is 19.2. The van der Waals surface area contributed by atoms with Crippen molar-refractivity contribution in [3.8, 4) is 11.3 Å². The minimum Gasteiger partial charge on any atom is -0.365 e. The highest BCUT2D eigenvalue weighted by Gasteiger charge is 2.30. The monoisotopic (exact) mass is 393 g/mol. The molecule has 27 heavy (non-hydrogen) atoms. The molecule has 0 spiro atoms. The zero-order chi connectivity index (χ0) is 19.7. The molecule has 3 rings (SSSR count). The molecule has 144 valence electrons. The van der Waals surface area contributed by atoms with E-state index in [2.05, 4.69) is 10.4 Å². The van der Waals surface area contributed by atoms with Crippen LogP contribution in [-0.4, -0.2) is 39.2 Å². The lowest BCUT2D eigenvalue weighted by molar-refractivity contribution is 0.0997. The summed E-state index contributed by atoms with van der Waals surface area (Å²) in [6.07, 6.45) is 0.819. The molecule has 0 radical (unpaired) electrons. The van der Waals surface area contributed by atoms with E-state index in [1.807, 2.05) is 13.8 Å². The summed E-state index contributed by atoms with van der Waals surface area (Å²) in [5.41, 5.74) is 7.20. The van der Waals surface area contributed by atoms with Crippen molar-refractivity contribution < 1.29 is 14.0 Å². The van der Waals surface area contributed by atoms with Gasteiger partial charge in [0, 0.05) is 18.2 Å². The summed E-state index contributed by atoms with van der Waals surface area (Å²) < 4.78 is 15.1. The number of hydrogen-bond acceptors (Lipinski definition) is 3. The Kier molecular flexibility index (Phi) is 5.36. The van der Waals surface area contributed by atoms with Gasteiger partial charge in [0.1, 0.15) is 11.5 Å². The molecule has 0 saturated carbocycles. The topological polar surface area (TPSA) is 93.2 Å². The van der Waals surface area contributed by atoms with Crippen molar-refractivity contribution in [1.29, 1.82) is 0 Å². The van der Waals surface area contributed by atoms with Gasteiger partial charge < -0.3 is 16.0 Å². The number of amides is 3. The zero-order valence-electron chi connectivity index (χ0n) is 15.1. The molecule has 0 bridgehead atoms. The van der Waals surface area contributed by atoms with Crippen molar-refractivity contribution in [3.05, 3.63) is 40.3 Å². The summed E-state index contributed by atoms with van der Waals surface area (Å²) in [7, 11) is 0. The maximum Gasteiger partial charge on any atom is 0.318 e. The molecule has 9 heteroatoms. The number of fused-ring (bicyclic) bond motifs is 1. The average molecular weight is 394 g/mol. The van der Waals surface area contributed by atoms with Crippen molar-refractivity contribution in [2.24, 2.45) is 5.73 Å². The lowest BCUT2D eigenvalue weighted by atomic mass is 10.0. The van der Waals surface area contributed by atoms with Crippen molar-refractivity contribution in [2.75, 3.05) is 6.54 Å². The van der Waals surface area contributed by atoms with Gasteiger partial charge in [0.25, 0.3) is 5.91 Å². The fourth-order valence-electron chi connectivity index (χ4n) is 3.00. The quantitative estimate of drug-likeness (QED) is 0.836. The van der Waals surface area contributed by atoms with Crippen LogP contribution in [0.15, 0.2) is 18.2 Å². The van der Waals surface area contributed by atoms with Gasteiger partial charge in [-0.1, -0.05) is 18.5 Å². The number of urea groups is 1. The third kappa shape index (κ3) is 3.75. The molecule has 1 aliphatic rings. The fraction of sp³-hybridized carbons (Fsp3) is 0.389. The molecular weight excluding hydrogens is 373 g/mol. The van der Waals surface area contributed by atoms with Gasteiger partial charge in [-0.05, 0) is 31.5 Å². The molecule has 2 heterocycles. The molecule has 7 nitrogen and oxygen atoms in total. The average Bonchev–Trinajstić information content (AvgIpc) is 3.02. The Morgan fingerprint density at radius 1 is 1.41 bits per heavy atom. The van der Waals surface area contributed by atoms with Gasteiger partial charge in [0.2, 0.25) is 0 Å². The van der Waals surface area contributed by atoms with Gasteiger partial charge in [-0.2, -0.15) is 5.10 Å². The Bertz CT molecular complexity index is 898. The highest BCUT2D eigenvalue weighted by atomic mass is 35.5. The lowest BCUT2D eigenvalue weighted by Gasteiger charge is -2.29. The maximum absolute atomic E-state index is 13.5. The van der Waals surface area contributed by atoms with Crippen LogP contribution in [0.4, 0.5) is 9.18 Å². The van der Waals surface area contributed by atoms with Crippen molar-refractivity contribution >= 4 is 23.5 Å². The molecule has 0 aliphatic carbocycles. The second-order valence-electron chi connectivity index (χ2n) is 6.57. The van der Waals surface area contributed by atoms with Crippen LogP contribution in [0.5, 0.6) is 0 Å². The number of carbonyl (C=O) groups is 2. The van der Waals surface area contributed by atoms with Crippen LogP contribution in [0.2, 0.25) is 5.02 Å². The number of benzene rings is 1. The van der Waals surface area contributed by atoms with Gasteiger partial charge in [-0.3, -0.25) is 9.48 Å². The second-order valence-corrected chi connectivity index (χ2v) is 6.97. The predicted octanol–water partition coefficient (Wildman–Crippen LogP) is 2.77. The van der Waals surface area contributed by atoms with Crippen molar-refractivity contribution in [3.63, 3.8) is 0 Å². The maximum atomic E-state index is 13.5. The van der Waals surface area contributed by atoms with E-state index in [0.717, 1.165) is 6.42 Å². The molecule has 0 fully saturated rings. The van der Waals surface area contributed by atoms with Crippen LogP contribution in [0.25, 0.3) is 11.3 Å². The van der Waals surface area contributed by atoms with Crippen molar-refractivity contribution in [1.82, 2.24) is 20.0 Å². The summed E-state index contributed by atoms with van der Waals surface area (Å²) >= 11 is 5.86. The largest absolute Gasteiger partial charge is 0.365 e. The lowest BCUT2D eigenvalue weighted by Crippen LogP contribution is -2.47. The summed E-state index contributed by atoms with van der Waals surface area (Å²) in [5, 5.41) is 7.31. The summed E-state index contributed by atoms with van der Waals surface area (Å²) in [4.78, 5) is 26.2. The molecule has 2 aromatic rings. The Morgan fingerprint density at radius 3 is 2.78 bits per heavy atom. The first-order valence-corrected chi connectivity index (χ1v) is 9.10. The summed E-state index contributed by atoms with van der Waals surface area (Å²) in [6, 6.07) is 3.98. The normalized spacial score (nSPS) is 14.6. The van der Waals surface area contributed by atoms with Crippen LogP contribution in [0.1, 0.15) is 36.3 Å². The minimum atomic E-state index is -0.657. The molecule has 1 atom stereocenters. The smallest absolute Gasteiger partial charge is 0.318 e. The first-order valence-electron chi connectivity index (χ1n) is 8.72. The summed E-state index contributed by atoms with van der Waals surface area (Å²) in [5.74, 6) is -1.21. The Hall–Kier alpha value is -2.61. The number of rotatable bonds is 4. The second kappa shape index (κ2) is 7.56. The van der Waals surface area contributed by atoms with E-state index < -0.39 is 11.7 Å². The Morgan fingerprint density at radius 2 is 2.15 bits per heavy atom. The number of nitrogens with two attached hydrogens (primary N) is 1. The van der Waals surface area contributed by atoms with E-state index in [-0.39, 0.29) is 29.2 Å². The number of halogens is 2. The third-order valence-corrected chi connectivity index (χ3v) is 4.98. The van der Waals surface area contributed by atoms with Gasteiger partial charge in [-0.25, -0.2) is 9.18 Å². The predicted molar refractivity (Wildman–Crippen MR) is 99.8 cm³/mol. The Labute approximate surface area is 161 Å². The van der Waals surface area contributed by atoms with Crippen LogP contribution in [-0.2, 0) is 13.1 Å². The van der Waals surface area contributed by atoms with Crippen molar-refractivity contribution in [2.45, 2.75) is 39.4 Å². The van der Waals surface area contributed by atoms with Crippen LogP contribution < -0.4 is 11.1 Å². The fourth-order valence-corrected chi connectivity index (χ4v) is 3.18. The van der Waals surface area contributed by atoms with E-state index in [1.54, 1.807) is 9.58 Å². The van der Waals surface area contributed by atoms with E-state index in [4.69, 9.17) is 17.3 Å². The molecule has 3 amide bonds. The molecular formula is C18H21ClFN5O2. The highest BCUT2D eigenvalue weighted by molar-refractivity contribution is 6.31. The van der Waals surface area contributed by atoms with Crippen LogP contribution >= 0.6 is 11.6 Å². The molecule has 1 aromatic heterocycles. The third-order valence-electron chi connectivity index (χ3n) is 4.69. The number of nitrogens with zero attached hydrogens (tertiary/aromatic N) is 3. The van der Waals surface area contributed by atoms with Gasteiger partial charge >= 0.3 is 6.03 Å². The molecule has 1 aromatic carbocycles. The number of carbonyl (C=O) groups excluding carboxylic acids is 2. The zero-order valence-corrected chi connectivity index (χ0v) is 15.9. The standard InChI is InChI=1S/C18H21ClFN5O2/c1-3-10(2)22-18(27)24-6-7-25-14(9-24)15(17(21)26)16(23-25)11-4-5-13(20)12(19)8-11/h4-5,8,10H,3,6-7,9H2,1-2H3,(H2,21,26)(H,22,27)/t10-/m1/s1. The van der Waals surface area contributed by atoms with E-state index >= 15 is 0 Å². The first-order chi connectivity index (χ1) is 12.8. The number of primary amides is 1. The van der Waals surface area contributed by atoms with E-state index in [1.165, 1.54) is 18.2 Å². The number of aromatic nitrogens is 2. The number of hydrogen-bond donors (Lipinski definition) is 2. The highest BCUT2D eigenvalue weighted by Crippen LogP contribution is 2.30. The van der Waals surface area contributed by atoms with Gasteiger partial charge in [0.05, 0.1) is 29.4 Å². The SMILES string of the molecule is CC[C@@H](C)NC(=O)N1CCn2nc(-c3ccc(F)c(Cl)c3)c(C(N)=O)c2C1. The summed E-state index contributed by atoms with van der Waals surface area (Å²) in [6.45, 7) is 5.01. The van der Waals surface area contributed by atoms with E-state index in [0.29, 0.717) is 30.0 Å². The van der Waals surface area contributed by atoms with Gasteiger partial charge in [0.15, 0.2) is 0 Å².